The van der Waals surface area contributed by atoms with Crippen LogP contribution in [0.1, 0.15) is 33.4 Å². The van der Waals surface area contributed by atoms with Crippen molar-refractivity contribution in [2.24, 2.45) is 0 Å². The average molecular weight is 388 g/mol. The number of fused-ring (bicyclic) bond motifs is 1. The molecule has 1 aromatic heterocycles. The second-order valence-electron chi connectivity index (χ2n) is 7.41. The Kier molecular flexibility index (Phi) is 5.10. The van der Waals surface area contributed by atoms with Crippen LogP contribution >= 0.6 is 11.3 Å². The number of ether oxygens (including phenoxy) is 1. The third-order valence-electron chi connectivity index (χ3n) is 3.90. The summed E-state index contributed by atoms with van der Waals surface area (Å²) < 4.78 is 5.55. The van der Waals surface area contributed by atoms with Gasteiger partial charge in [-0.3, -0.25) is 9.69 Å². The first-order valence-electron chi connectivity index (χ1n) is 8.78. The standard InChI is InChI=1S/C19H24N4O3S/c1-11-16(27-17(21-11)22-12(2)24)13-6-7-14-15(10-13)23(9-8-20-14)18(25)26-19(3,4)5/h6-7,10,20H,8-9H2,1-5H3,(H,21,22,24). The van der Waals surface area contributed by atoms with Crippen molar-refractivity contribution in [3.8, 4) is 10.4 Å². The molecule has 1 aliphatic rings. The molecule has 1 aliphatic heterocycles. The van der Waals surface area contributed by atoms with Gasteiger partial charge in [0.2, 0.25) is 5.91 Å². The number of rotatable bonds is 2. The van der Waals surface area contributed by atoms with Crippen LogP contribution in [0.5, 0.6) is 0 Å². The minimum absolute atomic E-state index is 0.152. The third kappa shape index (κ3) is 4.39. The molecule has 0 spiro atoms. The van der Waals surface area contributed by atoms with Crippen LogP contribution in [0.4, 0.5) is 21.3 Å². The van der Waals surface area contributed by atoms with E-state index in [9.17, 15) is 9.59 Å². The van der Waals surface area contributed by atoms with Gasteiger partial charge in [0.25, 0.3) is 0 Å². The maximum Gasteiger partial charge on any atom is 0.414 e. The van der Waals surface area contributed by atoms with E-state index in [2.05, 4.69) is 15.6 Å². The van der Waals surface area contributed by atoms with Gasteiger partial charge in [-0.2, -0.15) is 0 Å². The summed E-state index contributed by atoms with van der Waals surface area (Å²) in [4.78, 5) is 30.9. The zero-order valence-electron chi connectivity index (χ0n) is 16.2. The number of carbonyl (C=O) groups excluding carboxylic acids is 2. The summed E-state index contributed by atoms with van der Waals surface area (Å²) >= 11 is 1.41. The first kappa shape index (κ1) is 19.2. The van der Waals surface area contributed by atoms with Crippen molar-refractivity contribution in [1.29, 1.82) is 0 Å². The Morgan fingerprint density at radius 3 is 2.74 bits per heavy atom. The Morgan fingerprint density at radius 1 is 1.33 bits per heavy atom. The quantitative estimate of drug-likeness (QED) is 0.804. The number of anilines is 3. The highest BCUT2D eigenvalue weighted by Crippen LogP contribution is 2.38. The molecule has 7 nitrogen and oxygen atoms in total. The lowest BCUT2D eigenvalue weighted by Gasteiger charge is -2.32. The van der Waals surface area contributed by atoms with Gasteiger partial charge >= 0.3 is 6.09 Å². The molecule has 27 heavy (non-hydrogen) atoms. The first-order chi connectivity index (χ1) is 12.6. The summed E-state index contributed by atoms with van der Waals surface area (Å²) in [5.74, 6) is -0.152. The molecular formula is C19H24N4O3S. The smallest absolute Gasteiger partial charge is 0.414 e. The molecule has 0 atom stereocenters. The fraction of sp³-hybridized carbons (Fsp3) is 0.421. The van der Waals surface area contributed by atoms with Crippen molar-refractivity contribution in [3.05, 3.63) is 23.9 Å². The van der Waals surface area contributed by atoms with Gasteiger partial charge in [0, 0.05) is 20.0 Å². The van der Waals surface area contributed by atoms with Gasteiger partial charge in [-0.25, -0.2) is 9.78 Å². The molecule has 0 radical (unpaired) electrons. The van der Waals surface area contributed by atoms with Gasteiger partial charge in [-0.15, -0.1) is 0 Å². The second-order valence-corrected chi connectivity index (χ2v) is 8.40. The number of aromatic nitrogens is 1. The SMILES string of the molecule is CC(=O)Nc1nc(C)c(-c2ccc3c(c2)N(C(=O)OC(C)(C)C)CCN3)s1. The van der Waals surface area contributed by atoms with Crippen LogP contribution in [0.3, 0.4) is 0 Å². The number of benzene rings is 1. The molecule has 0 saturated carbocycles. The number of hydrogen-bond acceptors (Lipinski definition) is 6. The molecule has 0 saturated heterocycles. The van der Waals surface area contributed by atoms with Gasteiger partial charge in [0.05, 0.1) is 21.9 Å². The van der Waals surface area contributed by atoms with E-state index in [4.69, 9.17) is 4.74 Å². The lowest BCUT2D eigenvalue weighted by molar-refractivity contribution is -0.114. The highest BCUT2D eigenvalue weighted by molar-refractivity contribution is 7.19. The van der Waals surface area contributed by atoms with E-state index in [1.807, 2.05) is 45.9 Å². The minimum Gasteiger partial charge on any atom is -0.443 e. The molecular weight excluding hydrogens is 364 g/mol. The predicted molar refractivity (Wildman–Crippen MR) is 109 cm³/mol. The number of amides is 2. The molecule has 0 unspecified atom stereocenters. The van der Waals surface area contributed by atoms with Crippen molar-refractivity contribution in [1.82, 2.24) is 4.98 Å². The summed E-state index contributed by atoms with van der Waals surface area (Å²) in [6.07, 6.45) is -0.359. The van der Waals surface area contributed by atoms with Crippen LogP contribution in [-0.2, 0) is 9.53 Å². The molecule has 0 aliphatic carbocycles. The highest BCUT2D eigenvalue weighted by atomic mass is 32.1. The number of carbonyl (C=O) groups is 2. The van der Waals surface area contributed by atoms with Crippen LogP contribution in [0.2, 0.25) is 0 Å². The van der Waals surface area contributed by atoms with Crippen LogP contribution < -0.4 is 15.5 Å². The summed E-state index contributed by atoms with van der Waals surface area (Å²) in [5, 5.41) is 6.60. The highest BCUT2D eigenvalue weighted by Gasteiger charge is 2.28. The Bertz CT molecular complexity index is 886. The number of nitrogens with one attached hydrogen (secondary N) is 2. The number of thiazole rings is 1. The van der Waals surface area contributed by atoms with Crippen molar-refractivity contribution in [2.75, 3.05) is 28.6 Å². The Labute approximate surface area is 162 Å². The predicted octanol–water partition coefficient (Wildman–Crippen LogP) is 4.24. The molecule has 3 rings (SSSR count). The van der Waals surface area contributed by atoms with E-state index in [1.54, 1.807) is 4.90 Å². The Hall–Kier alpha value is -2.61. The summed E-state index contributed by atoms with van der Waals surface area (Å²) in [7, 11) is 0. The van der Waals surface area contributed by atoms with Crippen molar-refractivity contribution >= 4 is 39.8 Å². The molecule has 2 N–H and O–H groups in total. The molecule has 2 amide bonds. The fourth-order valence-corrected chi connectivity index (χ4v) is 3.85. The van der Waals surface area contributed by atoms with E-state index in [0.717, 1.165) is 27.5 Å². The van der Waals surface area contributed by atoms with Crippen molar-refractivity contribution < 1.29 is 14.3 Å². The minimum atomic E-state index is -0.554. The molecule has 2 aromatic rings. The molecule has 144 valence electrons. The van der Waals surface area contributed by atoms with E-state index in [1.165, 1.54) is 18.3 Å². The Morgan fingerprint density at radius 2 is 2.07 bits per heavy atom. The van der Waals surface area contributed by atoms with Gasteiger partial charge in [0.15, 0.2) is 5.13 Å². The lowest BCUT2D eigenvalue weighted by Crippen LogP contribution is -2.42. The second kappa shape index (κ2) is 7.19. The van der Waals surface area contributed by atoms with Gasteiger partial charge < -0.3 is 15.4 Å². The third-order valence-corrected chi connectivity index (χ3v) is 5.02. The van der Waals surface area contributed by atoms with E-state index < -0.39 is 5.60 Å². The topological polar surface area (TPSA) is 83.6 Å². The molecule has 8 heteroatoms. The van der Waals surface area contributed by atoms with Crippen LogP contribution in [0, 0.1) is 6.92 Å². The van der Waals surface area contributed by atoms with Crippen molar-refractivity contribution in [3.63, 3.8) is 0 Å². The maximum absolute atomic E-state index is 12.6. The van der Waals surface area contributed by atoms with Gasteiger partial charge in [-0.05, 0) is 45.4 Å². The van der Waals surface area contributed by atoms with E-state index >= 15 is 0 Å². The first-order valence-corrected chi connectivity index (χ1v) is 9.59. The van der Waals surface area contributed by atoms with Crippen molar-refractivity contribution in [2.45, 2.75) is 40.2 Å². The molecule has 1 aromatic carbocycles. The molecule has 0 fully saturated rings. The zero-order chi connectivity index (χ0) is 19.8. The average Bonchev–Trinajstić information content (AvgIpc) is 2.91. The normalized spacial score (nSPS) is 13.6. The monoisotopic (exact) mass is 388 g/mol. The zero-order valence-corrected chi connectivity index (χ0v) is 17.0. The van der Waals surface area contributed by atoms with Crippen LogP contribution in [0.15, 0.2) is 18.2 Å². The van der Waals surface area contributed by atoms with E-state index in [-0.39, 0.29) is 12.0 Å². The largest absolute Gasteiger partial charge is 0.443 e. The lowest BCUT2D eigenvalue weighted by atomic mass is 10.1. The van der Waals surface area contributed by atoms with Crippen LogP contribution in [0.25, 0.3) is 10.4 Å². The summed E-state index contributed by atoms with van der Waals surface area (Å²) in [6.45, 7) is 10.1. The van der Waals surface area contributed by atoms with Gasteiger partial charge in [-0.1, -0.05) is 17.4 Å². The number of aryl methyl sites for hydroxylation is 1. The van der Waals surface area contributed by atoms with E-state index in [0.29, 0.717) is 18.2 Å². The van der Waals surface area contributed by atoms with Crippen LogP contribution in [-0.4, -0.2) is 35.7 Å². The number of hydrogen-bond donors (Lipinski definition) is 2. The number of nitrogens with zero attached hydrogens (tertiary/aromatic N) is 2. The molecule has 0 bridgehead atoms. The molecule has 2 heterocycles. The summed E-state index contributed by atoms with van der Waals surface area (Å²) in [6, 6.07) is 5.91. The fourth-order valence-electron chi connectivity index (χ4n) is 2.84. The maximum atomic E-state index is 12.6. The Balaban J connectivity index is 1.95. The van der Waals surface area contributed by atoms with Gasteiger partial charge in [0.1, 0.15) is 5.60 Å². The summed E-state index contributed by atoms with van der Waals surface area (Å²) in [5.41, 5.74) is 2.89.